The van der Waals surface area contributed by atoms with E-state index in [0.717, 1.165) is 12.8 Å². The summed E-state index contributed by atoms with van der Waals surface area (Å²) in [7, 11) is 0. The van der Waals surface area contributed by atoms with Gasteiger partial charge in [0.25, 0.3) is 0 Å². The zero-order valence-corrected chi connectivity index (χ0v) is 9.14. The van der Waals surface area contributed by atoms with Gasteiger partial charge in [-0.3, -0.25) is 4.79 Å². The van der Waals surface area contributed by atoms with Crippen molar-refractivity contribution < 1.29 is 14.7 Å². The second kappa shape index (κ2) is 4.61. The summed E-state index contributed by atoms with van der Waals surface area (Å²) < 4.78 is 0. The number of piperidine rings is 1. The van der Waals surface area contributed by atoms with E-state index in [-0.39, 0.29) is 11.8 Å². The molecule has 3 N–H and O–H groups in total. The third-order valence-electron chi connectivity index (χ3n) is 2.86. The number of carboxylic acids is 1. The summed E-state index contributed by atoms with van der Waals surface area (Å²) >= 11 is 0. The molecule has 0 bridgehead atoms. The van der Waals surface area contributed by atoms with E-state index in [1.165, 1.54) is 4.90 Å². The van der Waals surface area contributed by atoms with Crippen molar-refractivity contribution in [2.75, 3.05) is 6.54 Å². The van der Waals surface area contributed by atoms with E-state index in [9.17, 15) is 9.59 Å². The summed E-state index contributed by atoms with van der Waals surface area (Å²) in [5, 5.41) is 9.08. The van der Waals surface area contributed by atoms with Crippen molar-refractivity contribution in [3.63, 3.8) is 0 Å². The number of nitrogens with two attached hydrogens (primary N) is 1. The van der Waals surface area contributed by atoms with Gasteiger partial charge in [0.15, 0.2) is 0 Å². The van der Waals surface area contributed by atoms with Crippen molar-refractivity contribution in [2.45, 2.75) is 38.8 Å². The standard InChI is InChI=1S/C10H18N2O3/c1-6-4-3-5-12(8(6)10(14)15)9(13)7(2)11/h6-8H,3-5,11H2,1-2H3,(H,14,15). The van der Waals surface area contributed by atoms with Crippen molar-refractivity contribution in [1.29, 1.82) is 0 Å². The molecule has 0 spiro atoms. The van der Waals surface area contributed by atoms with Gasteiger partial charge in [0.05, 0.1) is 6.04 Å². The van der Waals surface area contributed by atoms with Crippen molar-refractivity contribution >= 4 is 11.9 Å². The summed E-state index contributed by atoms with van der Waals surface area (Å²) in [6.07, 6.45) is 1.70. The minimum Gasteiger partial charge on any atom is -0.480 e. The molecule has 0 aromatic heterocycles. The number of hydrogen-bond acceptors (Lipinski definition) is 3. The van der Waals surface area contributed by atoms with Gasteiger partial charge in [0.2, 0.25) is 5.91 Å². The number of likely N-dealkylation sites (tertiary alicyclic amines) is 1. The van der Waals surface area contributed by atoms with Gasteiger partial charge >= 0.3 is 5.97 Å². The van der Waals surface area contributed by atoms with Gasteiger partial charge in [-0.15, -0.1) is 0 Å². The molecular formula is C10H18N2O3. The Balaban J connectivity index is 2.84. The first-order valence-corrected chi connectivity index (χ1v) is 5.24. The van der Waals surface area contributed by atoms with Crippen molar-refractivity contribution in [3.8, 4) is 0 Å². The number of carbonyl (C=O) groups is 2. The maximum atomic E-state index is 11.7. The molecule has 0 aromatic rings. The minimum atomic E-state index is -0.934. The molecule has 1 amide bonds. The van der Waals surface area contributed by atoms with Gasteiger partial charge in [-0.25, -0.2) is 4.79 Å². The number of nitrogens with zero attached hydrogens (tertiary/aromatic N) is 1. The minimum absolute atomic E-state index is 0.000972. The Morgan fingerprint density at radius 1 is 1.53 bits per heavy atom. The Morgan fingerprint density at radius 2 is 2.13 bits per heavy atom. The number of hydrogen-bond donors (Lipinski definition) is 2. The lowest BCUT2D eigenvalue weighted by Gasteiger charge is -2.38. The molecule has 3 unspecified atom stereocenters. The highest BCUT2D eigenvalue weighted by Gasteiger charge is 2.37. The first-order chi connectivity index (χ1) is 6.95. The van der Waals surface area contributed by atoms with Gasteiger partial charge in [0.1, 0.15) is 6.04 Å². The first kappa shape index (κ1) is 12.0. The van der Waals surface area contributed by atoms with Gasteiger partial charge in [-0.05, 0) is 25.7 Å². The highest BCUT2D eigenvalue weighted by Crippen LogP contribution is 2.23. The smallest absolute Gasteiger partial charge is 0.326 e. The highest BCUT2D eigenvalue weighted by molar-refractivity contribution is 5.87. The Hall–Kier alpha value is -1.10. The molecule has 5 nitrogen and oxygen atoms in total. The first-order valence-electron chi connectivity index (χ1n) is 5.24. The van der Waals surface area contributed by atoms with Crippen LogP contribution in [0, 0.1) is 5.92 Å². The second-order valence-corrected chi connectivity index (χ2v) is 4.22. The molecule has 1 heterocycles. The van der Waals surface area contributed by atoms with Crippen LogP contribution >= 0.6 is 0 Å². The number of amides is 1. The van der Waals surface area contributed by atoms with Crippen LogP contribution in [0.4, 0.5) is 0 Å². The molecule has 1 aliphatic rings. The van der Waals surface area contributed by atoms with Gasteiger partial charge in [-0.2, -0.15) is 0 Å². The zero-order chi connectivity index (χ0) is 11.6. The van der Waals surface area contributed by atoms with E-state index in [0.29, 0.717) is 6.54 Å². The van der Waals surface area contributed by atoms with E-state index in [1.54, 1.807) is 6.92 Å². The van der Waals surface area contributed by atoms with E-state index < -0.39 is 18.1 Å². The molecule has 1 aliphatic heterocycles. The van der Waals surface area contributed by atoms with Crippen LogP contribution in [0.15, 0.2) is 0 Å². The maximum absolute atomic E-state index is 11.7. The summed E-state index contributed by atoms with van der Waals surface area (Å²) in [4.78, 5) is 24.2. The van der Waals surface area contributed by atoms with Crippen LogP contribution in [-0.4, -0.2) is 40.5 Å². The van der Waals surface area contributed by atoms with Crippen LogP contribution in [0.1, 0.15) is 26.7 Å². The topological polar surface area (TPSA) is 83.6 Å². The van der Waals surface area contributed by atoms with Crippen molar-refractivity contribution in [1.82, 2.24) is 4.90 Å². The lowest BCUT2D eigenvalue weighted by Crippen LogP contribution is -2.55. The number of aliphatic carboxylic acids is 1. The van der Waals surface area contributed by atoms with Crippen LogP contribution in [-0.2, 0) is 9.59 Å². The fourth-order valence-electron chi connectivity index (χ4n) is 2.07. The molecule has 0 aromatic carbocycles. The fraction of sp³-hybridized carbons (Fsp3) is 0.800. The third-order valence-corrected chi connectivity index (χ3v) is 2.86. The lowest BCUT2D eigenvalue weighted by molar-refractivity contribution is -0.155. The number of carboxylic acid groups (broad SMARTS) is 1. The molecule has 1 saturated heterocycles. The zero-order valence-electron chi connectivity index (χ0n) is 9.14. The van der Waals surface area contributed by atoms with Crippen LogP contribution < -0.4 is 5.73 Å². The van der Waals surface area contributed by atoms with Crippen molar-refractivity contribution in [2.24, 2.45) is 11.7 Å². The normalized spacial score (nSPS) is 28.6. The highest BCUT2D eigenvalue weighted by atomic mass is 16.4. The molecule has 1 rings (SSSR count). The number of rotatable bonds is 2. The lowest BCUT2D eigenvalue weighted by atomic mass is 9.90. The van der Waals surface area contributed by atoms with E-state index in [2.05, 4.69) is 0 Å². The summed E-state index contributed by atoms with van der Waals surface area (Å²) in [6.45, 7) is 3.95. The Bertz CT molecular complexity index is 265. The largest absolute Gasteiger partial charge is 0.480 e. The third kappa shape index (κ3) is 2.47. The van der Waals surface area contributed by atoms with E-state index in [1.807, 2.05) is 6.92 Å². The predicted molar refractivity (Wildman–Crippen MR) is 55.2 cm³/mol. The number of carbonyl (C=O) groups excluding carboxylic acids is 1. The van der Waals surface area contributed by atoms with Gasteiger partial charge in [0, 0.05) is 6.54 Å². The average Bonchev–Trinajstić information content (AvgIpc) is 2.15. The van der Waals surface area contributed by atoms with Crippen LogP contribution in [0.2, 0.25) is 0 Å². The molecule has 3 atom stereocenters. The predicted octanol–water partition coefficient (Wildman–Crippen LogP) is 0.0453. The quantitative estimate of drug-likeness (QED) is 0.680. The average molecular weight is 214 g/mol. The van der Waals surface area contributed by atoms with Crippen molar-refractivity contribution in [3.05, 3.63) is 0 Å². The van der Waals surface area contributed by atoms with E-state index in [4.69, 9.17) is 10.8 Å². The molecule has 0 aliphatic carbocycles. The van der Waals surface area contributed by atoms with Crippen LogP contribution in [0.5, 0.6) is 0 Å². The molecule has 5 heteroatoms. The Morgan fingerprint density at radius 3 is 2.60 bits per heavy atom. The molecular weight excluding hydrogens is 196 g/mol. The molecule has 86 valence electrons. The molecule has 15 heavy (non-hydrogen) atoms. The Kier molecular flexibility index (Phi) is 3.68. The van der Waals surface area contributed by atoms with Gasteiger partial charge < -0.3 is 15.7 Å². The van der Waals surface area contributed by atoms with Crippen LogP contribution in [0.3, 0.4) is 0 Å². The molecule has 0 saturated carbocycles. The SMILES string of the molecule is CC(N)C(=O)N1CCCC(C)C1C(=O)O. The maximum Gasteiger partial charge on any atom is 0.326 e. The second-order valence-electron chi connectivity index (χ2n) is 4.22. The monoisotopic (exact) mass is 214 g/mol. The molecule has 1 fully saturated rings. The Labute approximate surface area is 89.2 Å². The molecule has 0 radical (unpaired) electrons. The fourth-order valence-corrected chi connectivity index (χ4v) is 2.07. The summed E-state index contributed by atoms with van der Waals surface area (Å²) in [5.41, 5.74) is 5.49. The van der Waals surface area contributed by atoms with E-state index >= 15 is 0 Å². The summed E-state index contributed by atoms with van der Waals surface area (Å²) in [5.74, 6) is -1.20. The summed E-state index contributed by atoms with van der Waals surface area (Å²) in [6, 6.07) is -1.34. The van der Waals surface area contributed by atoms with Crippen LogP contribution in [0.25, 0.3) is 0 Å². The van der Waals surface area contributed by atoms with Gasteiger partial charge in [-0.1, -0.05) is 6.92 Å².